The molecule has 156 valence electrons. The van der Waals surface area contributed by atoms with Crippen molar-refractivity contribution in [2.75, 3.05) is 39.3 Å². The molecule has 2 aliphatic heterocycles. The van der Waals surface area contributed by atoms with Gasteiger partial charge in [-0.05, 0) is 50.9 Å². The Balaban J connectivity index is 0.00000261. The fourth-order valence-electron chi connectivity index (χ4n) is 5.09. The van der Waals surface area contributed by atoms with Crippen molar-refractivity contribution in [1.29, 1.82) is 0 Å². The number of nitrogens with zero attached hydrogens (tertiary/aromatic N) is 3. The molecule has 27 heavy (non-hydrogen) atoms. The lowest BCUT2D eigenvalue weighted by atomic mass is 9.74. The first kappa shape index (κ1) is 22.8. The summed E-state index contributed by atoms with van der Waals surface area (Å²) in [6, 6.07) is 0. The van der Waals surface area contributed by atoms with Crippen LogP contribution in [0.1, 0.15) is 77.6 Å². The van der Waals surface area contributed by atoms with Crippen LogP contribution in [0.4, 0.5) is 0 Å². The second-order valence-electron chi connectivity index (χ2n) is 8.51. The smallest absolute Gasteiger partial charge is 0.222 e. The molecule has 3 rings (SSSR count). The standard InChI is InChI=1S/C21H38N4O.HI/c1-2-22-20(23-14-9-17-24-15-7-10-19(24)26)25-16-8-13-21(18-25)11-5-3-4-6-12-21;/h2-18H2,1H3,(H,22,23);1H. The molecule has 1 saturated carbocycles. The third-order valence-corrected chi connectivity index (χ3v) is 6.48. The summed E-state index contributed by atoms with van der Waals surface area (Å²) in [6.45, 7) is 8.02. The summed E-state index contributed by atoms with van der Waals surface area (Å²) in [4.78, 5) is 21.2. The number of rotatable bonds is 5. The van der Waals surface area contributed by atoms with Crippen molar-refractivity contribution in [3.63, 3.8) is 0 Å². The van der Waals surface area contributed by atoms with E-state index in [1.807, 2.05) is 4.90 Å². The van der Waals surface area contributed by atoms with Crippen molar-refractivity contribution >= 4 is 35.8 Å². The largest absolute Gasteiger partial charge is 0.357 e. The number of nitrogens with one attached hydrogen (secondary N) is 1. The van der Waals surface area contributed by atoms with E-state index in [-0.39, 0.29) is 24.0 Å². The number of likely N-dealkylation sites (tertiary alicyclic amines) is 2. The molecule has 1 spiro atoms. The summed E-state index contributed by atoms with van der Waals surface area (Å²) < 4.78 is 0. The Morgan fingerprint density at radius 2 is 1.81 bits per heavy atom. The fourth-order valence-corrected chi connectivity index (χ4v) is 5.09. The number of carbonyl (C=O) groups is 1. The van der Waals surface area contributed by atoms with Gasteiger partial charge in [0.05, 0.1) is 0 Å². The number of aliphatic imine (C=N–C) groups is 1. The molecule has 5 nitrogen and oxygen atoms in total. The number of hydrogen-bond acceptors (Lipinski definition) is 2. The van der Waals surface area contributed by atoms with Crippen molar-refractivity contribution in [1.82, 2.24) is 15.1 Å². The zero-order valence-corrected chi connectivity index (χ0v) is 19.5. The van der Waals surface area contributed by atoms with Crippen LogP contribution in [-0.2, 0) is 4.79 Å². The van der Waals surface area contributed by atoms with Gasteiger partial charge in [-0.2, -0.15) is 0 Å². The molecule has 0 aromatic carbocycles. The zero-order valence-electron chi connectivity index (χ0n) is 17.2. The molecular formula is C21H39IN4O. The van der Waals surface area contributed by atoms with Gasteiger partial charge in [0.15, 0.2) is 5.96 Å². The van der Waals surface area contributed by atoms with Crippen LogP contribution in [0.5, 0.6) is 0 Å². The Labute approximate surface area is 182 Å². The molecule has 0 unspecified atom stereocenters. The Bertz CT molecular complexity index is 489. The quantitative estimate of drug-likeness (QED) is 0.274. The number of hydrogen-bond donors (Lipinski definition) is 1. The third-order valence-electron chi connectivity index (χ3n) is 6.48. The van der Waals surface area contributed by atoms with Crippen LogP contribution in [0.25, 0.3) is 0 Å². The first-order valence-electron chi connectivity index (χ1n) is 11.0. The normalized spacial score (nSPS) is 23.3. The van der Waals surface area contributed by atoms with Crippen molar-refractivity contribution in [3.8, 4) is 0 Å². The highest BCUT2D eigenvalue weighted by Gasteiger charge is 2.36. The molecule has 0 atom stereocenters. The van der Waals surface area contributed by atoms with Crippen LogP contribution in [-0.4, -0.2) is 60.9 Å². The van der Waals surface area contributed by atoms with Gasteiger partial charge in [-0.1, -0.05) is 25.7 Å². The predicted molar refractivity (Wildman–Crippen MR) is 123 cm³/mol. The van der Waals surface area contributed by atoms with Crippen LogP contribution in [0.15, 0.2) is 4.99 Å². The minimum Gasteiger partial charge on any atom is -0.357 e. The Kier molecular flexibility index (Phi) is 9.66. The van der Waals surface area contributed by atoms with Crippen molar-refractivity contribution in [2.45, 2.75) is 77.6 Å². The van der Waals surface area contributed by atoms with Crippen LogP contribution >= 0.6 is 24.0 Å². The Morgan fingerprint density at radius 3 is 2.48 bits per heavy atom. The Hall–Kier alpha value is -0.530. The van der Waals surface area contributed by atoms with Crippen LogP contribution in [0.2, 0.25) is 0 Å². The maximum atomic E-state index is 11.7. The summed E-state index contributed by atoms with van der Waals surface area (Å²) >= 11 is 0. The zero-order chi connectivity index (χ0) is 18.2. The molecular weight excluding hydrogens is 451 g/mol. The summed E-state index contributed by atoms with van der Waals surface area (Å²) in [5, 5.41) is 3.52. The van der Waals surface area contributed by atoms with Gasteiger partial charge in [0.25, 0.3) is 0 Å². The van der Waals surface area contributed by atoms with Crippen molar-refractivity contribution in [2.24, 2.45) is 10.4 Å². The lowest BCUT2D eigenvalue weighted by Gasteiger charge is -2.44. The maximum Gasteiger partial charge on any atom is 0.222 e. The van der Waals surface area contributed by atoms with E-state index in [1.54, 1.807) is 0 Å². The van der Waals surface area contributed by atoms with Crippen LogP contribution in [0, 0.1) is 5.41 Å². The highest BCUT2D eigenvalue weighted by Crippen LogP contribution is 2.42. The van der Waals surface area contributed by atoms with Gasteiger partial charge in [-0.3, -0.25) is 9.79 Å². The van der Waals surface area contributed by atoms with E-state index in [2.05, 4.69) is 17.1 Å². The number of amides is 1. The summed E-state index contributed by atoms with van der Waals surface area (Å²) in [6.07, 6.45) is 13.9. The van der Waals surface area contributed by atoms with E-state index in [4.69, 9.17) is 4.99 Å². The Morgan fingerprint density at radius 1 is 1.07 bits per heavy atom. The van der Waals surface area contributed by atoms with Gasteiger partial charge in [-0.25, -0.2) is 0 Å². The van der Waals surface area contributed by atoms with Gasteiger partial charge < -0.3 is 15.1 Å². The third kappa shape index (κ3) is 6.50. The molecule has 2 saturated heterocycles. The molecule has 3 aliphatic rings. The van der Waals surface area contributed by atoms with Crippen molar-refractivity contribution in [3.05, 3.63) is 0 Å². The second kappa shape index (κ2) is 11.5. The summed E-state index contributed by atoms with van der Waals surface area (Å²) in [7, 11) is 0. The van der Waals surface area contributed by atoms with Gasteiger partial charge in [0.1, 0.15) is 0 Å². The van der Waals surface area contributed by atoms with Gasteiger partial charge in [0, 0.05) is 45.7 Å². The molecule has 1 amide bonds. The number of guanidine groups is 1. The molecule has 3 fully saturated rings. The maximum absolute atomic E-state index is 11.7. The second-order valence-corrected chi connectivity index (χ2v) is 8.51. The van der Waals surface area contributed by atoms with Crippen LogP contribution < -0.4 is 5.32 Å². The van der Waals surface area contributed by atoms with E-state index < -0.39 is 0 Å². The summed E-state index contributed by atoms with van der Waals surface area (Å²) in [5.41, 5.74) is 0.535. The topological polar surface area (TPSA) is 47.9 Å². The molecule has 2 heterocycles. The monoisotopic (exact) mass is 490 g/mol. The molecule has 1 N–H and O–H groups in total. The molecule has 1 aliphatic carbocycles. The highest BCUT2D eigenvalue weighted by atomic mass is 127. The average molecular weight is 490 g/mol. The molecule has 0 aromatic rings. The lowest BCUT2D eigenvalue weighted by molar-refractivity contribution is -0.127. The average Bonchev–Trinajstić information content (AvgIpc) is 2.92. The number of halogens is 1. The van der Waals surface area contributed by atoms with Gasteiger partial charge in [0.2, 0.25) is 5.91 Å². The van der Waals surface area contributed by atoms with E-state index in [9.17, 15) is 4.79 Å². The first-order chi connectivity index (χ1) is 12.7. The summed E-state index contributed by atoms with van der Waals surface area (Å²) in [5.74, 6) is 1.43. The molecule has 0 radical (unpaired) electrons. The SMILES string of the molecule is CCNC(=NCCCN1CCCC1=O)N1CCCC2(CCCCCC2)C1.I. The molecule has 0 aromatic heterocycles. The molecule has 0 bridgehead atoms. The van der Waals surface area contributed by atoms with Gasteiger partial charge >= 0.3 is 0 Å². The fraction of sp³-hybridized carbons (Fsp3) is 0.905. The van der Waals surface area contributed by atoms with E-state index in [0.29, 0.717) is 11.3 Å². The molecule has 6 heteroatoms. The predicted octanol–water partition coefficient (Wildman–Crippen LogP) is 4.02. The van der Waals surface area contributed by atoms with E-state index in [1.165, 1.54) is 57.9 Å². The van der Waals surface area contributed by atoms with Crippen LogP contribution in [0.3, 0.4) is 0 Å². The van der Waals surface area contributed by atoms with E-state index >= 15 is 0 Å². The van der Waals surface area contributed by atoms with E-state index in [0.717, 1.165) is 57.9 Å². The minimum atomic E-state index is 0. The van der Waals surface area contributed by atoms with Crippen molar-refractivity contribution < 1.29 is 4.79 Å². The van der Waals surface area contributed by atoms with Gasteiger partial charge in [-0.15, -0.1) is 24.0 Å². The lowest BCUT2D eigenvalue weighted by Crippen LogP contribution is -2.50. The number of carbonyl (C=O) groups excluding carboxylic acids is 1. The minimum absolute atomic E-state index is 0. The highest BCUT2D eigenvalue weighted by molar-refractivity contribution is 14.0. The first-order valence-corrected chi connectivity index (χ1v) is 11.0. The number of piperidine rings is 1.